The summed E-state index contributed by atoms with van der Waals surface area (Å²) < 4.78 is 0. The number of hydrogen-bond acceptors (Lipinski definition) is 2. The fourth-order valence-electron chi connectivity index (χ4n) is 2.10. The molecule has 0 amide bonds. The van der Waals surface area contributed by atoms with E-state index < -0.39 is 0 Å². The highest BCUT2D eigenvalue weighted by atomic mass is 15.1. The molecule has 0 radical (unpaired) electrons. The van der Waals surface area contributed by atoms with Crippen LogP contribution >= 0.6 is 0 Å². The van der Waals surface area contributed by atoms with Crippen LogP contribution in [-0.4, -0.2) is 37.6 Å². The minimum absolute atomic E-state index is 0.724. The van der Waals surface area contributed by atoms with Gasteiger partial charge in [0.15, 0.2) is 0 Å². The monoisotopic (exact) mass is 228 g/mol. The first-order chi connectivity index (χ1) is 7.63. The van der Waals surface area contributed by atoms with Crippen LogP contribution in [0, 0.1) is 5.92 Å². The average molecular weight is 228 g/mol. The summed E-state index contributed by atoms with van der Waals surface area (Å²) in [6.45, 7) is 12.7. The van der Waals surface area contributed by atoms with Crippen molar-refractivity contribution < 1.29 is 0 Å². The van der Waals surface area contributed by atoms with Crippen LogP contribution in [0.25, 0.3) is 0 Å². The van der Waals surface area contributed by atoms with Gasteiger partial charge in [-0.2, -0.15) is 0 Å². The van der Waals surface area contributed by atoms with Crippen molar-refractivity contribution in [1.29, 1.82) is 0 Å². The van der Waals surface area contributed by atoms with Gasteiger partial charge in [0.05, 0.1) is 0 Å². The van der Waals surface area contributed by atoms with Gasteiger partial charge < -0.3 is 10.2 Å². The molecule has 0 bridgehead atoms. The number of nitrogens with one attached hydrogen (secondary N) is 1. The SMILES string of the molecule is CCNC(CC)CCCN(C)CC(C)CC. The molecule has 2 unspecified atom stereocenters. The molecule has 16 heavy (non-hydrogen) atoms. The van der Waals surface area contributed by atoms with E-state index in [2.05, 4.69) is 45.0 Å². The molecule has 0 aliphatic carbocycles. The molecule has 0 aromatic carbocycles. The molecule has 0 fully saturated rings. The maximum Gasteiger partial charge on any atom is 0.00647 e. The maximum absolute atomic E-state index is 3.54. The summed E-state index contributed by atoms with van der Waals surface area (Å²) in [6.07, 6.45) is 5.18. The molecule has 0 aromatic heterocycles. The summed E-state index contributed by atoms with van der Waals surface area (Å²) in [5, 5.41) is 3.54. The van der Waals surface area contributed by atoms with Crippen LogP contribution in [-0.2, 0) is 0 Å². The standard InChI is InChI=1S/C14H32N2/c1-6-13(4)12-16(5)11-9-10-14(7-2)15-8-3/h13-15H,6-12H2,1-5H3. The Balaban J connectivity index is 3.55. The topological polar surface area (TPSA) is 15.3 Å². The van der Waals surface area contributed by atoms with Crippen molar-refractivity contribution in [2.24, 2.45) is 5.92 Å². The van der Waals surface area contributed by atoms with Crippen molar-refractivity contribution in [2.75, 3.05) is 26.7 Å². The third-order valence-corrected chi connectivity index (χ3v) is 3.40. The van der Waals surface area contributed by atoms with E-state index in [1.807, 2.05) is 0 Å². The van der Waals surface area contributed by atoms with Crippen molar-refractivity contribution in [3.05, 3.63) is 0 Å². The molecule has 0 aliphatic heterocycles. The molecule has 98 valence electrons. The highest BCUT2D eigenvalue weighted by molar-refractivity contribution is 4.65. The summed E-state index contributed by atoms with van der Waals surface area (Å²) in [6, 6.07) is 0.724. The Kier molecular flexibility index (Phi) is 10.0. The van der Waals surface area contributed by atoms with E-state index in [1.165, 1.54) is 38.8 Å². The second-order valence-electron chi connectivity index (χ2n) is 5.08. The molecule has 0 saturated carbocycles. The Hall–Kier alpha value is -0.0800. The van der Waals surface area contributed by atoms with Crippen LogP contribution in [0.1, 0.15) is 53.4 Å². The summed E-state index contributed by atoms with van der Waals surface area (Å²) in [5.41, 5.74) is 0. The molecule has 0 heterocycles. The number of nitrogens with zero attached hydrogens (tertiary/aromatic N) is 1. The molecule has 0 rings (SSSR count). The van der Waals surface area contributed by atoms with E-state index in [4.69, 9.17) is 0 Å². The van der Waals surface area contributed by atoms with E-state index >= 15 is 0 Å². The fourth-order valence-corrected chi connectivity index (χ4v) is 2.10. The van der Waals surface area contributed by atoms with Gasteiger partial charge in [-0.1, -0.05) is 34.1 Å². The molecule has 2 atom stereocenters. The predicted octanol–water partition coefficient (Wildman–Crippen LogP) is 3.13. The van der Waals surface area contributed by atoms with Crippen molar-refractivity contribution in [3.63, 3.8) is 0 Å². The van der Waals surface area contributed by atoms with E-state index in [0.717, 1.165) is 18.5 Å². The summed E-state index contributed by atoms with van der Waals surface area (Å²) >= 11 is 0. The largest absolute Gasteiger partial charge is 0.314 e. The lowest BCUT2D eigenvalue weighted by Gasteiger charge is -2.22. The van der Waals surface area contributed by atoms with Crippen molar-refractivity contribution >= 4 is 0 Å². The molecular weight excluding hydrogens is 196 g/mol. The Labute approximate surface area is 103 Å². The summed E-state index contributed by atoms with van der Waals surface area (Å²) in [4.78, 5) is 2.48. The van der Waals surface area contributed by atoms with E-state index in [1.54, 1.807) is 0 Å². The van der Waals surface area contributed by atoms with E-state index in [0.29, 0.717) is 0 Å². The third-order valence-electron chi connectivity index (χ3n) is 3.40. The molecular formula is C14H32N2. The number of rotatable bonds is 10. The Morgan fingerprint density at radius 2 is 1.81 bits per heavy atom. The second kappa shape index (κ2) is 10.1. The Morgan fingerprint density at radius 1 is 1.12 bits per heavy atom. The normalized spacial score (nSPS) is 15.4. The lowest BCUT2D eigenvalue weighted by molar-refractivity contribution is 0.271. The zero-order valence-corrected chi connectivity index (χ0v) is 12.1. The van der Waals surface area contributed by atoms with Gasteiger partial charge in [-0.15, -0.1) is 0 Å². The highest BCUT2D eigenvalue weighted by Gasteiger charge is 2.07. The molecule has 0 aromatic rings. The Bertz CT molecular complexity index is 148. The molecule has 0 spiro atoms. The molecule has 1 N–H and O–H groups in total. The van der Waals surface area contributed by atoms with Gasteiger partial charge in [0, 0.05) is 12.6 Å². The van der Waals surface area contributed by atoms with Crippen LogP contribution in [0.2, 0.25) is 0 Å². The molecule has 0 saturated heterocycles. The summed E-state index contributed by atoms with van der Waals surface area (Å²) in [5.74, 6) is 0.834. The van der Waals surface area contributed by atoms with Crippen LogP contribution in [0.4, 0.5) is 0 Å². The smallest absolute Gasteiger partial charge is 0.00647 e. The van der Waals surface area contributed by atoms with Gasteiger partial charge in [-0.3, -0.25) is 0 Å². The van der Waals surface area contributed by atoms with E-state index in [-0.39, 0.29) is 0 Å². The lowest BCUT2D eigenvalue weighted by Crippen LogP contribution is -2.30. The fraction of sp³-hybridized carbons (Fsp3) is 1.00. The van der Waals surface area contributed by atoms with Crippen molar-refractivity contribution in [2.45, 2.75) is 59.4 Å². The molecule has 0 aliphatic rings. The minimum Gasteiger partial charge on any atom is -0.314 e. The average Bonchev–Trinajstić information content (AvgIpc) is 2.27. The molecule has 2 nitrogen and oxygen atoms in total. The predicted molar refractivity (Wildman–Crippen MR) is 73.9 cm³/mol. The first-order valence-corrected chi connectivity index (χ1v) is 7.05. The summed E-state index contributed by atoms with van der Waals surface area (Å²) in [7, 11) is 2.25. The zero-order valence-electron chi connectivity index (χ0n) is 12.1. The van der Waals surface area contributed by atoms with Gasteiger partial charge in [0.2, 0.25) is 0 Å². The third kappa shape index (κ3) is 8.12. The van der Waals surface area contributed by atoms with Crippen LogP contribution in [0.15, 0.2) is 0 Å². The van der Waals surface area contributed by atoms with E-state index in [9.17, 15) is 0 Å². The van der Waals surface area contributed by atoms with Gasteiger partial charge >= 0.3 is 0 Å². The maximum atomic E-state index is 3.54. The first-order valence-electron chi connectivity index (χ1n) is 7.05. The van der Waals surface area contributed by atoms with Crippen LogP contribution in [0.5, 0.6) is 0 Å². The lowest BCUT2D eigenvalue weighted by atomic mass is 10.1. The quantitative estimate of drug-likeness (QED) is 0.618. The minimum atomic E-state index is 0.724. The number of hydrogen-bond donors (Lipinski definition) is 1. The van der Waals surface area contributed by atoms with Gasteiger partial charge in [-0.25, -0.2) is 0 Å². The van der Waals surface area contributed by atoms with Gasteiger partial charge in [0.1, 0.15) is 0 Å². The Morgan fingerprint density at radius 3 is 2.31 bits per heavy atom. The van der Waals surface area contributed by atoms with Crippen molar-refractivity contribution in [1.82, 2.24) is 10.2 Å². The zero-order chi connectivity index (χ0) is 12.4. The first kappa shape index (κ1) is 15.9. The molecule has 2 heteroatoms. The van der Waals surface area contributed by atoms with Gasteiger partial charge in [-0.05, 0) is 45.3 Å². The highest BCUT2D eigenvalue weighted by Crippen LogP contribution is 2.06. The second-order valence-corrected chi connectivity index (χ2v) is 5.08. The van der Waals surface area contributed by atoms with Crippen molar-refractivity contribution in [3.8, 4) is 0 Å². The van der Waals surface area contributed by atoms with Crippen LogP contribution < -0.4 is 5.32 Å². The van der Waals surface area contributed by atoms with Crippen LogP contribution in [0.3, 0.4) is 0 Å². The van der Waals surface area contributed by atoms with Gasteiger partial charge in [0.25, 0.3) is 0 Å².